The highest BCUT2D eigenvalue weighted by Gasteiger charge is 2.15. The summed E-state index contributed by atoms with van der Waals surface area (Å²) in [4.78, 5) is 11.3. The number of aromatic nitrogens is 2. The fourth-order valence-electron chi connectivity index (χ4n) is 3.25. The maximum atomic E-state index is 11.6. The molecule has 1 amide bonds. The van der Waals surface area contributed by atoms with Crippen molar-refractivity contribution in [3.8, 4) is 28.2 Å². The van der Waals surface area contributed by atoms with Gasteiger partial charge in [-0.1, -0.05) is 35.9 Å². The lowest BCUT2D eigenvalue weighted by atomic mass is 10.1. The third kappa shape index (κ3) is 4.72. The molecule has 4 rings (SSSR count). The van der Waals surface area contributed by atoms with Crippen molar-refractivity contribution < 1.29 is 13.2 Å². The van der Waals surface area contributed by atoms with Crippen molar-refractivity contribution in [2.45, 2.75) is 11.8 Å². The molecule has 1 heterocycles. The smallest absolute Gasteiger partial charge is 0.238 e. The van der Waals surface area contributed by atoms with E-state index in [-0.39, 0.29) is 10.8 Å². The number of carbonyl (C=O) groups is 1. The summed E-state index contributed by atoms with van der Waals surface area (Å²) < 4.78 is 24.9. The lowest BCUT2D eigenvalue weighted by molar-refractivity contribution is -0.114. The maximum Gasteiger partial charge on any atom is 0.238 e. The van der Waals surface area contributed by atoms with Gasteiger partial charge in [0.05, 0.1) is 22.0 Å². The Bertz CT molecular complexity index is 1380. The number of rotatable bonds is 5. The minimum Gasteiger partial charge on any atom is -0.326 e. The monoisotopic (exact) mass is 466 g/mol. The Morgan fingerprint density at radius 2 is 1.53 bits per heavy atom. The number of anilines is 1. The summed E-state index contributed by atoms with van der Waals surface area (Å²) in [6, 6.07) is 22.8. The average Bonchev–Trinajstić information content (AvgIpc) is 3.19. The summed E-state index contributed by atoms with van der Waals surface area (Å²) >= 11 is 6.05. The first kappa shape index (κ1) is 21.8. The Labute approximate surface area is 190 Å². The molecular formula is C23H19ClN4O3S. The van der Waals surface area contributed by atoms with Crippen LogP contribution in [0.3, 0.4) is 0 Å². The van der Waals surface area contributed by atoms with Crippen LogP contribution >= 0.6 is 11.6 Å². The number of carbonyl (C=O) groups excluding carboxylic acids is 1. The maximum absolute atomic E-state index is 11.6. The number of benzene rings is 3. The Morgan fingerprint density at radius 3 is 2.09 bits per heavy atom. The van der Waals surface area contributed by atoms with Crippen molar-refractivity contribution in [3.63, 3.8) is 0 Å². The van der Waals surface area contributed by atoms with E-state index < -0.39 is 10.0 Å². The largest absolute Gasteiger partial charge is 0.326 e. The molecule has 0 bridgehead atoms. The van der Waals surface area contributed by atoms with Crippen molar-refractivity contribution >= 4 is 33.2 Å². The molecule has 0 aliphatic heterocycles. The Balaban J connectivity index is 1.80. The molecule has 4 aromatic rings. The predicted molar refractivity (Wildman–Crippen MR) is 125 cm³/mol. The number of sulfonamides is 1. The van der Waals surface area contributed by atoms with Gasteiger partial charge in [0, 0.05) is 28.8 Å². The standard InChI is InChI=1S/C23H19ClN4O3S/c1-15(29)26-19-8-10-20(11-9-19)28-23(17-2-6-18(24)7-3-17)14-22(27-28)16-4-12-21(13-5-16)32(25,30)31/h2-14H,1H3,(H,26,29)(H2,25,30,31). The van der Waals surface area contributed by atoms with Gasteiger partial charge < -0.3 is 5.32 Å². The van der Waals surface area contributed by atoms with Crippen LogP contribution in [0.1, 0.15) is 6.92 Å². The van der Waals surface area contributed by atoms with Crippen molar-refractivity contribution in [2.75, 3.05) is 5.32 Å². The van der Waals surface area contributed by atoms with Gasteiger partial charge >= 0.3 is 0 Å². The zero-order valence-electron chi connectivity index (χ0n) is 17.0. The molecule has 3 N–H and O–H groups in total. The van der Waals surface area contributed by atoms with Crippen molar-refractivity contribution in [2.24, 2.45) is 5.14 Å². The molecule has 1 aromatic heterocycles. The van der Waals surface area contributed by atoms with Crippen LogP contribution in [-0.4, -0.2) is 24.1 Å². The van der Waals surface area contributed by atoms with Crippen molar-refractivity contribution in [3.05, 3.63) is 83.9 Å². The Kier molecular flexibility index (Phi) is 5.84. The highest BCUT2D eigenvalue weighted by atomic mass is 35.5. The highest BCUT2D eigenvalue weighted by Crippen LogP contribution is 2.30. The zero-order valence-corrected chi connectivity index (χ0v) is 18.6. The fraction of sp³-hybridized carbons (Fsp3) is 0.0435. The summed E-state index contributed by atoms with van der Waals surface area (Å²) in [6.45, 7) is 1.45. The summed E-state index contributed by atoms with van der Waals surface area (Å²) in [6.07, 6.45) is 0. The second-order valence-electron chi connectivity index (χ2n) is 7.13. The number of nitrogens with zero attached hydrogens (tertiary/aromatic N) is 2. The first-order valence-electron chi connectivity index (χ1n) is 9.58. The molecule has 0 saturated heterocycles. The van der Waals surface area contributed by atoms with Gasteiger partial charge in [-0.15, -0.1) is 0 Å². The molecule has 0 radical (unpaired) electrons. The van der Waals surface area contributed by atoms with Gasteiger partial charge in [-0.25, -0.2) is 18.2 Å². The Hall–Kier alpha value is -3.46. The lowest BCUT2D eigenvalue weighted by Crippen LogP contribution is -2.11. The first-order chi connectivity index (χ1) is 15.2. The molecule has 3 aromatic carbocycles. The van der Waals surface area contributed by atoms with E-state index in [0.717, 1.165) is 22.5 Å². The summed E-state index contributed by atoms with van der Waals surface area (Å²) in [5, 5.41) is 13.3. The van der Waals surface area contributed by atoms with E-state index in [2.05, 4.69) is 5.32 Å². The topological polar surface area (TPSA) is 107 Å². The van der Waals surface area contributed by atoms with E-state index >= 15 is 0 Å². The second-order valence-corrected chi connectivity index (χ2v) is 9.13. The highest BCUT2D eigenvalue weighted by molar-refractivity contribution is 7.89. The average molecular weight is 467 g/mol. The van der Waals surface area contributed by atoms with Gasteiger partial charge in [-0.3, -0.25) is 4.79 Å². The number of hydrogen-bond acceptors (Lipinski definition) is 4. The molecule has 0 atom stereocenters. The molecule has 32 heavy (non-hydrogen) atoms. The fourth-order valence-corrected chi connectivity index (χ4v) is 3.89. The van der Waals surface area contributed by atoms with E-state index in [0.29, 0.717) is 16.4 Å². The summed E-state index contributed by atoms with van der Waals surface area (Å²) in [5.41, 5.74) is 4.58. The number of nitrogens with one attached hydrogen (secondary N) is 1. The van der Waals surface area contributed by atoms with Crippen LogP contribution in [0.15, 0.2) is 83.8 Å². The molecule has 7 nitrogen and oxygen atoms in total. The minimum absolute atomic E-state index is 0.0344. The lowest BCUT2D eigenvalue weighted by Gasteiger charge is -2.09. The molecule has 0 spiro atoms. The van der Waals surface area contributed by atoms with E-state index in [1.165, 1.54) is 19.1 Å². The summed E-state index contributed by atoms with van der Waals surface area (Å²) in [7, 11) is -3.78. The van der Waals surface area contributed by atoms with Crippen LogP contribution in [0, 0.1) is 0 Å². The van der Waals surface area contributed by atoms with Crippen LogP contribution in [0.4, 0.5) is 5.69 Å². The minimum atomic E-state index is -3.78. The van der Waals surface area contributed by atoms with Crippen LogP contribution < -0.4 is 10.5 Å². The second kappa shape index (κ2) is 8.58. The number of primary sulfonamides is 1. The normalized spacial score (nSPS) is 11.3. The van der Waals surface area contributed by atoms with Gasteiger partial charge in [-0.05, 0) is 54.6 Å². The SMILES string of the molecule is CC(=O)Nc1ccc(-n2nc(-c3ccc(S(N)(=O)=O)cc3)cc2-c2ccc(Cl)cc2)cc1. The van der Waals surface area contributed by atoms with Crippen LogP contribution in [0.2, 0.25) is 5.02 Å². The molecule has 0 aliphatic rings. The van der Waals surface area contributed by atoms with Crippen molar-refractivity contribution in [1.82, 2.24) is 9.78 Å². The first-order valence-corrected chi connectivity index (χ1v) is 11.5. The van der Waals surface area contributed by atoms with E-state index in [1.807, 2.05) is 30.3 Å². The molecular weight excluding hydrogens is 448 g/mol. The van der Waals surface area contributed by atoms with Gasteiger partial charge in [-0.2, -0.15) is 5.10 Å². The van der Waals surface area contributed by atoms with Crippen molar-refractivity contribution in [1.29, 1.82) is 0 Å². The quantitative estimate of drug-likeness (QED) is 0.452. The molecule has 0 fully saturated rings. The molecule has 0 saturated carbocycles. The van der Waals surface area contributed by atoms with Crippen LogP contribution in [0.25, 0.3) is 28.2 Å². The number of nitrogens with two attached hydrogens (primary N) is 1. The Morgan fingerprint density at radius 1 is 0.938 bits per heavy atom. The zero-order chi connectivity index (χ0) is 22.9. The number of hydrogen-bond donors (Lipinski definition) is 2. The predicted octanol–water partition coefficient (Wildman–Crippen LogP) is 4.47. The van der Waals surface area contributed by atoms with E-state index in [4.69, 9.17) is 21.8 Å². The number of amides is 1. The van der Waals surface area contributed by atoms with Gasteiger partial charge in [0.2, 0.25) is 15.9 Å². The third-order valence-electron chi connectivity index (χ3n) is 4.76. The van der Waals surface area contributed by atoms with Crippen LogP contribution in [-0.2, 0) is 14.8 Å². The summed E-state index contributed by atoms with van der Waals surface area (Å²) in [5.74, 6) is -0.149. The van der Waals surface area contributed by atoms with Gasteiger partial charge in [0.1, 0.15) is 0 Å². The molecule has 162 valence electrons. The van der Waals surface area contributed by atoms with Gasteiger partial charge in [0.15, 0.2) is 0 Å². The molecule has 0 unspecified atom stereocenters. The van der Waals surface area contributed by atoms with E-state index in [1.54, 1.807) is 41.1 Å². The third-order valence-corrected chi connectivity index (χ3v) is 5.94. The number of halogens is 1. The van der Waals surface area contributed by atoms with Gasteiger partial charge in [0.25, 0.3) is 0 Å². The van der Waals surface area contributed by atoms with E-state index in [9.17, 15) is 13.2 Å². The molecule has 9 heteroatoms. The molecule has 0 aliphatic carbocycles. The van der Waals surface area contributed by atoms with Crippen LogP contribution in [0.5, 0.6) is 0 Å².